The molecule has 2 aliphatic rings. The molecule has 1 aliphatic carbocycles. The monoisotopic (exact) mass is 340 g/mol. The predicted molar refractivity (Wildman–Crippen MR) is 81.9 cm³/mol. The average molecular weight is 341 g/mol. The van der Waals surface area contributed by atoms with E-state index in [0.717, 1.165) is 36.4 Å². The lowest BCUT2D eigenvalue weighted by molar-refractivity contribution is -0.0283. The van der Waals surface area contributed by atoms with Gasteiger partial charge in [0.15, 0.2) is 0 Å². The van der Waals surface area contributed by atoms with E-state index in [9.17, 15) is 0 Å². The van der Waals surface area contributed by atoms with Crippen molar-refractivity contribution in [2.75, 3.05) is 32.1 Å². The van der Waals surface area contributed by atoms with Gasteiger partial charge in [-0.3, -0.25) is 0 Å². The van der Waals surface area contributed by atoms with Gasteiger partial charge in [0.1, 0.15) is 0 Å². The number of hydrogen-bond donors (Lipinski definition) is 0. The van der Waals surface area contributed by atoms with Crippen molar-refractivity contribution in [3.8, 4) is 0 Å². The predicted octanol–water partition coefficient (Wildman–Crippen LogP) is 1.93. The topological polar surface area (TPSA) is 41.5 Å². The number of hydrogen-bond acceptors (Lipinski definition) is 5. The minimum absolute atomic E-state index is 0.303. The maximum absolute atomic E-state index is 6.00. The van der Waals surface area contributed by atoms with Crippen LogP contribution in [-0.2, 0) is 4.74 Å². The fourth-order valence-corrected chi connectivity index (χ4v) is 3.47. The van der Waals surface area contributed by atoms with Gasteiger partial charge in [-0.2, -0.15) is 0 Å². The van der Waals surface area contributed by atoms with Crippen LogP contribution in [-0.4, -0.2) is 60.3 Å². The highest BCUT2D eigenvalue weighted by molar-refractivity contribution is 9.10. The Morgan fingerprint density at radius 2 is 2.05 bits per heavy atom. The summed E-state index contributed by atoms with van der Waals surface area (Å²) < 4.78 is 6.92. The number of fused-ring (bicyclic) bond motifs is 1. The molecule has 2 fully saturated rings. The van der Waals surface area contributed by atoms with Crippen LogP contribution in [0.25, 0.3) is 0 Å². The Bertz CT molecular complexity index is 453. The zero-order valence-electron chi connectivity index (χ0n) is 12.0. The van der Waals surface area contributed by atoms with Crippen LogP contribution in [0.15, 0.2) is 16.9 Å². The average Bonchev–Trinajstić information content (AvgIpc) is 2.47. The first kappa shape index (κ1) is 14.2. The second-order valence-corrected chi connectivity index (χ2v) is 6.72. The number of rotatable bonds is 2. The van der Waals surface area contributed by atoms with E-state index in [1.807, 2.05) is 12.4 Å². The van der Waals surface area contributed by atoms with Gasteiger partial charge in [0.05, 0.1) is 23.2 Å². The van der Waals surface area contributed by atoms with Gasteiger partial charge in [0, 0.05) is 25.0 Å². The molecular weight excluding hydrogens is 320 g/mol. The van der Waals surface area contributed by atoms with Crippen LogP contribution in [0.2, 0.25) is 0 Å². The third-order valence-electron chi connectivity index (χ3n) is 4.39. The molecule has 5 nitrogen and oxygen atoms in total. The van der Waals surface area contributed by atoms with Crippen molar-refractivity contribution in [1.82, 2.24) is 14.9 Å². The minimum Gasteiger partial charge on any atom is -0.374 e. The third-order valence-corrected chi connectivity index (χ3v) is 4.80. The van der Waals surface area contributed by atoms with E-state index in [-0.39, 0.29) is 0 Å². The van der Waals surface area contributed by atoms with Crippen molar-refractivity contribution in [2.24, 2.45) is 0 Å². The number of nitrogens with zero attached hydrogens (tertiary/aromatic N) is 4. The van der Waals surface area contributed by atoms with Crippen molar-refractivity contribution in [2.45, 2.75) is 37.5 Å². The first-order chi connectivity index (χ1) is 9.65. The fourth-order valence-electron chi connectivity index (χ4n) is 3.27. The molecule has 6 heteroatoms. The zero-order valence-corrected chi connectivity index (χ0v) is 13.6. The van der Waals surface area contributed by atoms with Crippen LogP contribution in [0.4, 0.5) is 5.95 Å². The summed E-state index contributed by atoms with van der Waals surface area (Å²) in [6, 6.07) is 1.04. The van der Waals surface area contributed by atoms with E-state index in [2.05, 4.69) is 49.8 Å². The van der Waals surface area contributed by atoms with Crippen LogP contribution < -0.4 is 4.90 Å². The lowest BCUT2D eigenvalue weighted by Crippen LogP contribution is -2.56. The molecule has 0 aromatic carbocycles. The molecule has 0 radical (unpaired) electrons. The highest BCUT2D eigenvalue weighted by atomic mass is 79.9. The summed E-state index contributed by atoms with van der Waals surface area (Å²) in [7, 11) is 4.31. The SMILES string of the molecule is CN(C)[C@@H]1CC[C@H]2[C@H](C1)OCCN2c1ncc(Br)cn1. The summed E-state index contributed by atoms with van der Waals surface area (Å²) in [6.45, 7) is 1.65. The number of morpholine rings is 1. The number of anilines is 1. The van der Waals surface area contributed by atoms with Gasteiger partial charge < -0.3 is 14.5 Å². The van der Waals surface area contributed by atoms with Crippen LogP contribution >= 0.6 is 15.9 Å². The molecule has 0 spiro atoms. The van der Waals surface area contributed by atoms with Gasteiger partial charge in [-0.25, -0.2) is 9.97 Å². The van der Waals surface area contributed by atoms with E-state index in [0.29, 0.717) is 18.2 Å². The van der Waals surface area contributed by atoms with Gasteiger partial charge in [0.2, 0.25) is 5.95 Å². The van der Waals surface area contributed by atoms with Gasteiger partial charge in [-0.1, -0.05) is 0 Å². The highest BCUT2D eigenvalue weighted by Crippen LogP contribution is 2.32. The second-order valence-electron chi connectivity index (χ2n) is 5.80. The van der Waals surface area contributed by atoms with Crippen LogP contribution in [0, 0.1) is 0 Å². The normalized spacial score (nSPS) is 30.4. The summed E-state index contributed by atoms with van der Waals surface area (Å²) in [5.74, 6) is 0.829. The summed E-state index contributed by atoms with van der Waals surface area (Å²) in [5.41, 5.74) is 0. The fraction of sp³-hybridized carbons (Fsp3) is 0.714. The Balaban J connectivity index is 1.75. The van der Waals surface area contributed by atoms with Crippen molar-refractivity contribution < 1.29 is 4.74 Å². The number of ether oxygens (including phenoxy) is 1. The highest BCUT2D eigenvalue weighted by Gasteiger charge is 2.39. The molecule has 3 rings (SSSR count). The Hall–Kier alpha value is -0.720. The van der Waals surface area contributed by atoms with Gasteiger partial charge in [-0.05, 0) is 49.3 Å². The summed E-state index contributed by atoms with van der Waals surface area (Å²) in [6.07, 6.45) is 7.40. The van der Waals surface area contributed by atoms with E-state index in [4.69, 9.17) is 4.74 Å². The summed E-state index contributed by atoms with van der Waals surface area (Å²) in [5, 5.41) is 0. The van der Waals surface area contributed by atoms with E-state index in [1.165, 1.54) is 6.42 Å². The molecule has 1 saturated heterocycles. The number of aromatic nitrogens is 2. The van der Waals surface area contributed by atoms with E-state index < -0.39 is 0 Å². The number of halogens is 1. The molecule has 1 aliphatic heterocycles. The quantitative estimate of drug-likeness (QED) is 0.822. The van der Waals surface area contributed by atoms with E-state index in [1.54, 1.807) is 0 Å². The zero-order chi connectivity index (χ0) is 14.1. The first-order valence-electron chi connectivity index (χ1n) is 7.17. The Morgan fingerprint density at radius 3 is 2.75 bits per heavy atom. The Kier molecular flexibility index (Phi) is 4.23. The first-order valence-corrected chi connectivity index (χ1v) is 7.96. The standard InChI is InChI=1S/C14H21BrN4O/c1-18(2)11-3-4-12-13(7-11)20-6-5-19(12)14-16-8-10(15)9-17-14/h8-9,11-13H,3-7H2,1-2H3/t11-,12+,13+/m1/s1. The maximum Gasteiger partial charge on any atom is 0.225 e. The third kappa shape index (κ3) is 2.82. The molecule has 0 amide bonds. The van der Waals surface area contributed by atoms with Crippen LogP contribution in [0.3, 0.4) is 0 Å². The van der Waals surface area contributed by atoms with Gasteiger partial charge in [-0.15, -0.1) is 0 Å². The second kappa shape index (κ2) is 5.95. The molecule has 1 aromatic heterocycles. The Labute approximate surface area is 128 Å². The molecule has 1 aromatic rings. The molecule has 110 valence electrons. The molecular formula is C14H21BrN4O. The van der Waals surface area contributed by atoms with Crippen LogP contribution in [0.5, 0.6) is 0 Å². The molecule has 0 bridgehead atoms. The Morgan fingerprint density at radius 1 is 1.30 bits per heavy atom. The van der Waals surface area contributed by atoms with E-state index >= 15 is 0 Å². The molecule has 0 N–H and O–H groups in total. The molecule has 1 saturated carbocycles. The molecule has 0 unspecified atom stereocenters. The summed E-state index contributed by atoms with van der Waals surface area (Å²) >= 11 is 3.39. The van der Waals surface area contributed by atoms with Crippen molar-refractivity contribution in [1.29, 1.82) is 0 Å². The summed E-state index contributed by atoms with van der Waals surface area (Å²) in [4.78, 5) is 13.5. The minimum atomic E-state index is 0.303. The maximum atomic E-state index is 6.00. The largest absolute Gasteiger partial charge is 0.374 e. The van der Waals surface area contributed by atoms with Crippen molar-refractivity contribution >= 4 is 21.9 Å². The van der Waals surface area contributed by atoms with Gasteiger partial charge >= 0.3 is 0 Å². The molecule has 2 heterocycles. The lowest BCUT2D eigenvalue weighted by Gasteiger charge is -2.46. The van der Waals surface area contributed by atoms with Crippen molar-refractivity contribution in [3.63, 3.8) is 0 Å². The molecule has 3 atom stereocenters. The van der Waals surface area contributed by atoms with Crippen LogP contribution in [0.1, 0.15) is 19.3 Å². The van der Waals surface area contributed by atoms with Gasteiger partial charge in [0.25, 0.3) is 0 Å². The smallest absolute Gasteiger partial charge is 0.225 e. The van der Waals surface area contributed by atoms with Crippen molar-refractivity contribution in [3.05, 3.63) is 16.9 Å². The lowest BCUT2D eigenvalue weighted by atomic mass is 9.86. The molecule has 20 heavy (non-hydrogen) atoms.